The summed E-state index contributed by atoms with van der Waals surface area (Å²) in [6, 6.07) is 0.256. The molecule has 73 heavy (non-hydrogen) atoms. The van der Waals surface area contributed by atoms with Gasteiger partial charge in [-0.25, -0.2) is 0 Å². The predicted molar refractivity (Wildman–Crippen MR) is 279 cm³/mol. The average Bonchev–Trinajstić information content (AvgIpc) is 3.33. The molecule has 0 saturated carbocycles. The van der Waals surface area contributed by atoms with Crippen molar-refractivity contribution in [2.24, 2.45) is 40.9 Å². The Hall–Kier alpha value is -5.51. The topological polar surface area (TPSA) is 348 Å². The lowest BCUT2D eigenvalue weighted by molar-refractivity contribution is -0.136. The summed E-state index contributed by atoms with van der Waals surface area (Å²) in [4.78, 5) is 126. The van der Waals surface area contributed by atoms with Crippen LogP contribution in [0.3, 0.4) is 0 Å². The minimum atomic E-state index is -1.44. The maximum absolute atomic E-state index is 14.5. The highest BCUT2D eigenvalue weighted by molar-refractivity contribution is 5.98. The van der Waals surface area contributed by atoms with Gasteiger partial charge in [0, 0.05) is 18.9 Å². The average molecular weight is 1030 g/mol. The van der Waals surface area contributed by atoms with Crippen molar-refractivity contribution in [1.29, 1.82) is 0 Å². The zero-order valence-corrected chi connectivity index (χ0v) is 44.4. The first-order valence-electron chi connectivity index (χ1n) is 26.4. The smallest absolute Gasteiger partial charge is 0.243 e. The van der Waals surface area contributed by atoms with Crippen LogP contribution < -0.4 is 59.7 Å². The van der Waals surface area contributed by atoms with Crippen LogP contribution >= 0.6 is 0 Å². The highest BCUT2D eigenvalue weighted by Crippen LogP contribution is 2.20. The minimum Gasteiger partial charge on any atom is -0.393 e. The number of ketones is 1. The number of aliphatic hydroxyl groups excluding tert-OH is 1. The Morgan fingerprint density at radius 1 is 0.658 bits per heavy atom. The minimum absolute atomic E-state index is 0.00175. The number of aliphatic hydroxyl groups is 1. The number of Topliss-reactive ketones (excluding diaryl/α,β-unsaturated/α-hetero) is 1. The third-order valence-electron chi connectivity index (χ3n) is 12.9. The first-order chi connectivity index (χ1) is 34.7. The standard InChI is InChI=1S/C52H89N11O10/c1-8-13-37-48(69)63-43(27-32(5)6)47(68)56-25-21-41(61-49(70)38(18-22-53)57-45(66)30-36(64)17-16-33(7)9-2)52(73)60-40(20-24-55)51(72)62-42(28-34-14-11-10-12-15-34)44(65)29-35(26-31(3)4)46(67)58-39(19-23-54)50(71)59-37/h10-12,14-15,31-33,35-43,64H,8-9,13,16-30,53-55H2,1-7H3,(H,56,68)(H,57,66)(H,58,67)(H,59,71)(H,60,73)(H,61,70)(H,62,72)(H,63,69)/t33-,35+,36+,37-,38+,39-,40-,41-,42+,43-/m0/s1. The van der Waals surface area contributed by atoms with Gasteiger partial charge in [-0.2, -0.15) is 0 Å². The van der Waals surface area contributed by atoms with Gasteiger partial charge in [0.1, 0.15) is 36.3 Å². The third kappa shape index (κ3) is 23.9. The number of amides is 8. The number of carbonyl (C=O) groups excluding carboxylic acids is 9. The zero-order chi connectivity index (χ0) is 54.6. The summed E-state index contributed by atoms with van der Waals surface area (Å²) in [6.45, 7) is 13.0. The monoisotopic (exact) mass is 1030 g/mol. The van der Waals surface area contributed by atoms with E-state index in [4.69, 9.17) is 17.2 Å². The second-order valence-corrected chi connectivity index (χ2v) is 20.4. The van der Waals surface area contributed by atoms with Crippen LogP contribution in [0, 0.1) is 23.7 Å². The van der Waals surface area contributed by atoms with Gasteiger partial charge in [-0.3, -0.25) is 43.2 Å². The summed E-state index contributed by atoms with van der Waals surface area (Å²) in [5.41, 5.74) is 18.5. The lowest BCUT2D eigenvalue weighted by Crippen LogP contribution is -2.59. The summed E-state index contributed by atoms with van der Waals surface area (Å²) in [5.74, 6) is -6.88. The number of nitrogens with two attached hydrogens (primary N) is 3. The van der Waals surface area contributed by atoms with Gasteiger partial charge in [-0.15, -0.1) is 0 Å². The molecule has 21 nitrogen and oxygen atoms in total. The first-order valence-corrected chi connectivity index (χ1v) is 26.4. The van der Waals surface area contributed by atoms with Crippen molar-refractivity contribution in [3.05, 3.63) is 35.9 Å². The molecule has 0 aromatic heterocycles. The molecule has 1 fully saturated rings. The number of rotatable bonds is 23. The summed E-state index contributed by atoms with van der Waals surface area (Å²) < 4.78 is 0. The molecule has 1 aromatic carbocycles. The number of nitrogens with one attached hydrogen (secondary N) is 8. The molecule has 1 aromatic rings. The van der Waals surface area contributed by atoms with E-state index in [9.17, 15) is 48.3 Å². The Morgan fingerprint density at radius 2 is 1.21 bits per heavy atom. The van der Waals surface area contributed by atoms with Crippen molar-refractivity contribution in [2.45, 2.75) is 187 Å². The van der Waals surface area contributed by atoms with Gasteiger partial charge < -0.3 is 64.8 Å². The van der Waals surface area contributed by atoms with Crippen LogP contribution in [0.25, 0.3) is 0 Å². The Morgan fingerprint density at radius 3 is 1.75 bits per heavy atom. The predicted octanol–water partition coefficient (Wildman–Crippen LogP) is 0.234. The summed E-state index contributed by atoms with van der Waals surface area (Å²) in [7, 11) is 0. The molecule has 1 aliphatic rings. The molecule has 0 unspecified atom stereocenters. The van der Waals surface area contributed by atoms with Gasteiger partial charge in [-0.05, 0) is 107 Å². The highest BCUT2D eigenvalue weighted by Gasteiger charge is 2.36. The molecule has 0 aliphatic carbocycles. The zero-order valence-electron chi connectivity index (χ0n) is 44.4. The van der Waals surface area contributed by atoms with E-state index in [1.54, 1.807) is 30.3 Å². The molecule has 1 aliphatic heterocycles. The Bertz CT molecular complexity index is 1920. The van der Waals surface area contributed by atoms with E-state index in [2.05, 4.69) is 42.5 Å². The molecular formula is C52H89N11O10. The van der Waals surface area contributed by atoms with Crippen LogP contribution in [0.15, 0.2) is 30.3 Å². The molecule has 0 spiro atoms. The molecule has 10 atom stereocenters. The first kappa shape index (κ1) is 63.6. The van der Waals surface area contributed by atoms with Crippen molar-refractivity contribution >= 4 is 53.0 Å². The van der Waals surface area contributed by atoms with E-state index in [1.807, 2.05) is 48.5 Å². The van der Waals surface area contributed by atoms with Crippen LogP contribution in [-0.4, -0.2) is 133 Å². The fourth-order valence-electron chi connectivity index (χ4n) is 8.53. The SMILES string of the molecule is CCC[C@@H]1NC(=O)[C@H](CCN)NC(=O)[C@H](CC(C)C)CC(=O)[C@@H](Cc2ccccc2)NC(=O)[C@H](CCN)NC(=O)[C@@H](NC(=O)[C@@H](CCN)NC(=O)C[C@H](O)CC[C@@H](C)CC)CCNC(=O)[C@H](CC(C)C)NC1=O. The van der Waals surface area contributed by atoms with E-state index in [-0.39, 0.29) is 102 Å². The van der Waals surface area contributed by atoms with Crippen LogP contribution in [0.2, 0.25) is 0 Å². The van der Waals surface area contributed by atoms with E-state index in [1.165, 1.54) is 0 Å². The van der Waals surface area contributed by atoms with Gasteiger partial charge >= 0.3 is 0 Å². The second-order valence-electron chi connectivity index (χ2n) is 20.4. The maximum Gasteiger partial charge on any atom is 0.243 e. The highest BCUT2D eigenvalue weighted by atomic mass is 16.3. The molecule has 21 heteroatoms. The second kappa shape index (κ2) is 34.1. The van der Waals surface area contributed by atoms with Crippen LogP contribution in [0.4, 0.5) is 0 Å². The molecule has 8 amide bonds. The molecule has 2 rings (SSSR count). The van der Waals surface area contributed by atoms with Crippen molar-refractivity contribution in [3.8, 4) is 0 Å². The lowest BCUT2D eigenvalue weighted by Gasteiger charge is -2.27. The molecule has 0 bridgehead atoms. The van der Waals surface area contributed by atoms with Gasteiger partial charge in [0.2, 0.25) is 47.3 Å². The van der Waals surface area contributed by atoms with E-state index in [0.717, 1.165) is 6.42 Å². The van der Waals surface area contributed by atoms with Gasteiger partial charge in [-0.1, -0.05) is 91.6 Å². The molecule has 15 N–H and O–H groups in total. The lowest BCUT2D eigenvalue weighted by atomic mass is 9.88. The van der Waals surface area contributed by atoms with Crippen molar-refractivity contribution in [1.82, 2.24) is 42.5 Å². The van der Waals surface area contributed by atoms with Crippen LogP contribution in [0.5, 0.6) is 0 Å². The van der Waals surface area contributed by atoms with Crippen molar-refractivity contribution < 1.29 is 48.3 Å². The molecular weight excluding hydrogens is 939 g/mol. The van der Waals surface area contributed by atoms with Gasteiger partial charge in [0.15, 0.2) is 5.78 Å². The summed E-state index contributed by atoms with van der Waals surface area (Å²) in [5, 5.41) is 32.4. The van der Waals surface area contributed by atoms with Crippen LogP contribution in [-0.2, 0) is 49.6 Å². The Labute approximate surface area is 432 Å². The number of benzene rings is 1. The van der Waals surface area contributed by atoms with E-state index >= 15 is 0 Å². The van der Waals surface area contributed by atoms with Gasteiger partial charge in [0.05, 0.1) is 18.6 Å². The Balaban J connectivity index is 2.71. The number of carbonyl (C=O) groups is 9. The maximum atomic E-state index is 14.5. The number of hydrogen-bond donors (Lipinski definition) is 12. The van der Waals surface area contributed by atoms with E-state index in [0.29, 0.717) is 30.7 Å². The Kier molecular flexibility index (Phi) is 29.7. The summed E-state index contributed by atoms with van der Waals surface area (Å²) in [6.07, 6.45) is 1.12. The molecule has 0 radical (unpaired) electrons. The van der Waals surface area contributed by atoms with Crippen molar-refractivity contribution in [2.75, 3.05) is 26.2 Å². The van der Waals surface area contributed by atoms with E-state index < -0.39 is 107 Å². The molecule has 1 heterocycles. The third-order valence-corrected chi connectivity index (χ3v) is 12.9. The quantitative estimate of drug-likeness (QED) is 0.0700. The molecule has 412 valence electrons. The molecule has 1 saturated heterocycles. The summed E-state index contributed by atoms with van der Waals surface area (Å²) >= 11 is 0. The normalized spacial score (nSPS) is 23.7. The van der Waals surface area contributed by atoms with Gasteiger partial charge in [0.25, 0.3) is 0 Å². The van der Waals surface area contributed by atoms with Crippen LogP contribution in [0.1, 0.15) is 138 Å². The van der Waals surface area contributed by atoms with Crippen molar-refractivity contribution in [3.63, 3.8) is 0 Å². The fourth-order valence-corrected chi connectivity index (χ4v) is 8.53. The largest absolute Gasteiger partial charge is 0.393 e. The fraction of sp³-hybridized carbons (Fsp3) is 0.712. The number of hydrogen-bond acceptors (Lipinski definition) is 13.